The first-order chi connectivity index (χ1) is 10.5. The third kappa shape index (κ3) is 3.27. The quantitative estimate of drug-likeness (QED) is 0.516. The predicted molar refractivity (Wildman–Crippen MR) is 92.5 cm³/mol. The Morgan fingerprint density at radius 1 is 1.45 bits per heavy atom. The van der Waals surface area contributed by atoms with E-state index in [1.165, 1.54) is 28.7 Å². The molecule has 0 saturated carbocycles. The van der Waals surface area contributed by atoms with Crippen molar-refractivity contribution in [3.8, 4) is 0 Å². The van der Waals surface area contributed by atoms with Gasteiger partial charge in [-0.1, -0.05) is 6.92 Å². The lowest BCUT2D eigenvalue weighted by Crippen LogP contribution is -2.10. The van der Waals surface area contributed by atoms with Crippen molar-refractivity contribution < 1.29 is 4.79 Å². The largest absolute Gasteiger partial charge is 0.370 e. The minimum absolute atomic E-state index is 0.230. The molecular weight excluding hydrogens is 314 g/mol. The Bertz CT molecular complexity index is 711. The van der Waals surface area contributed by atoms with Gasteiger partial charge < -0.3 is 5.73 Å². The highest BCUT2D eigenvalue weighted by molar-refractivity contribution is 7.99. The first-order valence-electron chi connectivity index (χ1n) is 7.74. The lowest BCUT2D eigenvalue weighted by Gasteiger charge is -2.18. The first-order valence-corrected chi connectivity index (χ1v) is 9.54. The number of thiophene rings is 1. The summed E-state index contributed by atoms with van der Waals surface area (Å²) in [7, 11) is 0. The first kappa shape index (κ1) is 15.7. The number of aryl methyl sites for hydroxylation is 2. The zero-order valence-corrected chi connectivity index (χ0v) is 14.6. The maximum Gasteiger partial charge on any atom is 0.217 e. The number of primary amides is 1. The van der Waals surface area contributed by atoms with Gasteiger partial charge in [-0.05, 0) is 44.1 Å². The maximum absolute atomic E-state index is 10.8. The van der Waals surface area contributed by atoms with E-state index in [-0.39, 0.29) is 5.91 Å². The van der Waals surface area contributed by atoms with Gasteiger partial charge in [0.05, 0.1) is 0 Å². The molecule has 0 aromatic carbocycles. The summed E-state index contributed by atoms with van der Waals surface area (Å²) in [6.45, 7) is 4.28. The highest BCUT2D eigenvalue weighted by atomic mass is 32.2. The highest BCUT2D eigenvalue weighted by Crippen LogP contribution is 2.40. The van der Waals surface area contributed by atoms with Gasteiger partial charge >= 0.3 is 0 Å². The topological polar surface area (TPSA) is 68.9 Å². The van der Waals surface area contributed by atoms with Gasteiger partial charge in [0.25, 0.3) is 0 Å². The predicted octanol–water partition coefficient (Wildman–Crippen LogP) is 3.48. The molecule has 0 spiro atoms. The number of amides is 1. The smallest absolute Gasteiger partial charge is 0.217 e. The molecule has 1 atom stereocenters. The minimum atomic E-state index is -0.230. The van der Waals surface area contributed by atoms with Crippen molar-refractivity contribution >= 4 is 39.2 Å². The van der Waals surface area contributed by atoms with Gasteiger partial charge in [0.15, 0.2) is 0 Å². The fourth-order valence-electron chi connectivity index (χ4n) is 2.93. The highest BCUT2D eigenvalue weighted by Gasteiger charge is 2.23. The Balaban J connectivity index is 1.90. The van der Waals surface area contributed by atoms with Gasteiger partial charge in [-0.15, -0.1) is 23.1 Å². The van der Waals surface area contributed by atoms with Crippen LogP contribution in [0.2, 0.25) is 0 Å². The van der Waals surface area contributed by atoms with Crippen LogP contribution in [0.1, 0.15) is 42.5 Å². The van der Waals surface area contributed by atoms with Crippen LogP contribution in [0, 0.1) is 12.8 Å². The van der Waals surface area contributed by atoms with Crippen molar-refractivity contribution in [2.75, 3.05) is 5.75 Å². The zero-order valence-electron chi connectivity index (χ0n) is 13.0. The summed E-state index contributed by atoms with van der Waals surface area (Å²) in [5, 5.41) is 2.35. The molecular formula is C16H21N3OS2. The Labute approximate surface area is 138 Å². The van der Waals surface area contributed by atoms with E-state index in [1.807, 2.05) is 18.3 Å². The number of thioether (sulfide) groups is 1. The molecule has 3 rings (SSSR count). The molecule has 0 fully saturated rings. The molecule has 0 bridgehead atoms. The van der Waals surface area contributed by atoms with Crippen LogP contribution in [0.4, 0.5) is 0 Å². The Morgan fingerprint density at radius 2 is 2.27 bits per heavy atom. The molecule has 2 N–H and O–H groups in total. The van der Waals surface area contributed by atoms with E-state index in [0.29, 0.717) is 6.42 Å². The fraction of sp³-hybridized carbons (Fsp3) is 0.562. The monoisotopic (exact) mass is 335 g/mol. The molecule has 1 aliphatic carbocycles. The number of hydrogen-bond donors (Lipinski definition) is 1. The molecule has 0 aliphatic heterocycles. The number of nitrogens with two attached hydrogens (primary N) is 1. The van der Waals surface area contributed by atoms with Crippen LogP contribution >= 0.6 is 23.1 Å². The van der Waals surface area contributed by atoms with Crippen molar-refractivity contribution in [3.63, 3.8) is 0 Å². The van der Waals surface area contributed by atoms with E-state index >= 15 is 0 Å². The van der Waals surface area contributed by atoms with Gasteiger partial charge in [-0.3, -0.25) is 4.79 Å². The molecule has 4 nitrogen and oxygen atoms in total. The van der Waals surface area contributed by atoms with Gasteiger partial charge in [-0.2, -0.15) is 0 Å². The lowest BCUT2D eigenvalue weighted by molar-refractivity contribution is -0.118. The van der Waals surface area contributed by atoms with Crippen LogP contribution in [0.3, 0.4) is 0 Å². The Kier molecular flexibility index (Phi) is 4.68. The van der Waals surface area contributed by atoms with Crippen molar-refractivity contribution in [2.24, 2.45) is 11.7 Å². The van der Waals surface area contributed by atoms with Crippen LogP contribution in [-0.2, 0) is 17.6 Å². The summed E-state index contributed by atoms with van der Waals surface area (Å²) >= 11 is 3.57. The second kappa shape index (κ2) is 6.54. The molecule has 6 heteroatoms. The lowest BCUT2D eigenvalue weighted by atomic mass is 9.89. The third-order valence-corrected chi connectivity index (χ3v) is 6.25. The summed E-state index contributed by atoms with van der Waals surface area (Å²) in [5.74, 6) is 2.24. The van der Waals surface area contributed by atoms with Crippen molar-refractivity contribution in [1.29, 1.82) is 0 Å². The van der Waals surface area contributed by atoms with Crippen molar-refractivity contribution in [1.82, 2.24) is 9.97 Å². The molecule has 2 heterocycles. The average Bonchev–Trinajstić information content (AvgIpc) is 2.79. The molecule has 2 aromatic heterocycles. The van der Waals surface area contributed by atoms with E-state index in [0.717, 1.165) is 40.2 Å². The van der Waals surface area contributed by atoms with E-state index in [9.17, 15) is 4.79 Å². The number of rotatable bonds is 5. The molecule has 0 radical (unpaired) electrons. The number of nitrogens with zero attached hydrogens (tertiary/aromatic N) is 2. The molecule has 1 amide bonds. The second-order valence-electron chi connectivity index (χ2n) is 6.03. The van der Waals surface area contributed by atoms with E-state index in [1.54, 1.807) is 11.8 Å². The summed E-state index contributed by atoms with van der Waals surface area (Å²) in [6.07, 6.45) is 4.80. The Morgan fingerprint density at radius 3 is 3.05 bits per heavy atom. The minimum Gasteiger partial charge on any atom is -0.370 e. The number of hydrogen-bond acceptors (Lipinski definition) is 5. The standard InChI is InChI=1S/C16H21N3OS2/c1-9-5-6-11-12(8-9)22-16-14(11)15(18-10(2)19-16)21-7-3-4-13(17)20/h9H,3-8H2,1-2H3,(H2,17,20). The normalized spacial score (nSPS) is 17.6. The van der Waals surface area contributed by atoms with E-state index in [2.05, 4.69) is 16.9 Å². The number of carbonyl (C=O) groups excluding carboxylic acids is 1. The molecule has 2 aromatic rings. The molecule has 1 aliphatic rings. The van der Waals surface area contributed by atoms with Crippen LogP contribution in [-0.4, -0.2) is 21.6 Å². The van der Waals surface area contributed by atoms with Crippen molar-refractivity contribution in [3.05, 3.63) is 16.3 Å². The second-order valence-corrected chi connectivity index (χ2v) is 8.19. The van der Waals surface area contributed by atoms with E-state index in [4.69, 9.17) is 5.73 Å². The molecule has 22 heavy (non-hydrogen) atoms. The zero-order chi connectivity index (χ0) is 15.7. The van der Waals surface area contributed by atoms with Gasteiger partial charge in [0.2, 0.25) is 5.91 Å². The van der Waals surface area contributed by atoms with Gasteiger partial charge in [-0.25, -0.2) is 9.97 Å². The SMILES string of the molecule is Cc1nc(SCCCC(N)=O)c2c3c(sc2n1)CC(C)CC3. The van der Waals surface area contributed by atoms with Crippen LogP contribution in [0.25, 0.3) is 10.2 Å². The summed E-state index contributed by atoms with van der Waals surface area (Å²) in [6, 6.07) is 0. The van der Waals surface area contributed by atoms with Crippen LogP contribution < -0.4 is 5.73 Å². The number of aromatic nitrogens is 2. The fourth-order valence-corrected chi connectivity index (χ4v) is 5.47. The Hall–Kier alpha value is -1.14. The third-order valence-electron chi connectivity index (χ3n) is 4.04. The number of carbonyl (C=O) groups is 1. The summed E-state index contributed by atoms with van der Waals surface area (Å²) in [5.41, 5.74) is 6.67. The summed E-state index contributed by atoms with van der Waals surface area (Å²) < 4.78 is 0. The average molecular weight is 335 g/mol. The van der Waals surface area contributed by atoms with Gasteiger partial charge in [0, 0.05) is 22.4 Å². The molecule has 1 unspecified atom stereocenters. The molecule has 0 saturated heterocycles. The molecule has 118 valence electrons. The van der Waals surface area contributed by atoms with Crippen LogP contribution in [0.15, 0.2) is 5.03 Å². The summed E-state index contributed by atoms with van der Waals surface area (Å²) in [4.78, 5) is 22.8. The van der Waals surface area contributed by atoms with E-state index < -0.39 is 0 Å². The maximum atomic E-state index is 10.8. The number of fused-ring (bicyclic) bond motifs is 3. The van der Waals surface area contributed by atoms with Crippen LogP contribution in [0.5, 0.6) is 0 Å². The van der Waals surface area contributed by atoms with Crippen molar-refractivity contribution in [2.45, 2.75) is 51.0 Å². The van der Waals surface area contributed by atoms with Gasteiger partial charge in [0.1, 0.15) is 15.7 Å².